The molecule has 0 spiro atoms. The molecule has 16 heavy (non-hydrogen) atoms. The number of nitrogens with two attached hydrogens (primary N) is 1. The molecular formula is C11H10N2O3. The lowest BCUT2D eigenvalue weighted by molar-refractivity contribution is 0.0603. The molecule has 0 fully saturated rings. The average Bonchev–Trinajstić information content (AvgIpc) is 2.69. The third-order valence-electron chi connectivity index (χ3n) is 2.36. The Morgan fingerprint density at radius 1 is 1.50 bits per heavy atom. The van der Waals surface area contributed by atoms with E-state index < -0.39 is 5.97 Å². The zero-order valence-electron chi connectivity index (χ0n) is 8.61. The number of nitrogens with one attached hydrogen (secondary N) is 1. The first-order valence-electron chi connectivity index (χ1n) is 4.61. The molecule has 0 amide bonds. The Morgan fingerprint density at radius 3 is 2.88 bits per heavy atom. The van der Waals surface area contributed by atoms with Gasteiger partial charge in [0, 0.05) is 28.4 Å². The quantitative estimate of drug-likeness (QED) is 0.452. The summed E-state index contributed by atoms with van der Waals surface area (Å²) in [7, 11) is 1.28. The van der Waals surface area contributed by atoms with Gasteiger partial charge in [-0.1, -0.05) is 0 Å². The summed E-state index contributed by atoms with van der Waals surface area (Å²) in [5.74, 6) is -0.514. The van der Waals surface area contributed by atoms with Gasteiger partial charge in [0.25, 0.3) is 0 Å². The zero-order chi connectivity index (χ0) is 11.7. The fourth-order valence-electron chi connectivity index (χ4n) is 1.68. The predicted molar refractivity (Wildman–Crippen MR) is 59.4 cm³/mol. The van der Waals surface area contributed by atoms with Gasteiger partial charge in [-0.2, -0.15) is 0 Å². The summed E-state index contributed by atoms with van der Waals surface area (Å²) >= 11 is 0. The molecular weight excluding hydrogens is 208 g/mol. The number of H-pyrrole nitrogens is 1. The number of carbonyl (C=O) groups excluding carboxylic acids is 2. The third kappa shape index (κ3) is 1.42. The van der Waals surface area contributed by atoms with Crippen molar-refractivity contribution in [2.45, 2.75) is 0 Å². The molecule has 1 aromatic heterocycles. The lowest BCUT2D eigenvalue weighted by atomic mass is 10.1. The lowest BCUT2D eigenvalue weighted by Gasteiger charge is -2.03. The van der Waals surface area contributed by atoms with Gasteiger partial charge >= 0.3 is 5.97 Å². The van der Waals surface area contributed by atoms with Gasteiger partial charge in [-0.25, -0.2) is 4.79 Å². The number of methoxy groups -OCH3 is 1. The van der Waals surface area contributed by atoms with Gasteiger partial charge < -0.3 is 15.5 Å². The van der Waals surface area contributed by atoms with Crippen molar-refractivity contribution < 1.29 is 14.3 Å². The molecule has 0 bridgehead atoms. The van der Waals surface area contributed by atoms with Crippen LogP contribution < -0.4 is 5.73 Å². The van der Waals surface area contributed by atoms with Crippen LogP contribution in [0.4, 0.5) is 5.69 Å². The van der Waals surface area contributed by atoms with Gasteiger partial charge in [-0.15, -0.1) is 0 Å². The number of hydrogen-bond acceptors (Lipinski definition) is 4. The molecule has 0 radical (unpaired) electrons. The number of carbonyl (C=O) groups is 2. The maximum atomic E-state index is 11.5. The Balaban J connectivity index is 2.82. The Hall–Kier alpha value is -2.30. The van der Waals surface area contributed by atoms with Crippen molar-refractivity contribution >= 4 is 28.8 Å². The molecule has 0 atom stereocenters. The highest BCUT2D eigenvalue weighted by Gasteiger charge is 2.15. The van der Waals surface area contributed by atoms with Crippen molar-refractivity contribution in [2.75, 3.05) is 12.8 Å². The summed E-state index contributed by atoms with van der Waals surface area (Å²) in [5, 5.41) is 0.538. The van der Waals surface area contributed by atoms with E-state index in [9.17, 15) is 9.59 Å². The molecule has 0 aliphatic carbocycles. The minimum absolute atomic E-state index is 0.292. The zero-order valence-corrected chi connectivity index (χ0v) is 8.61. The van der Waals surface area contributed by atoms with Gasteiger partial charge in [-0.3, -0.25) is 4.79 Å². The SMILES string of the molecule is COC(=O)c1cc(N)cc2[nH]cc(C=O)c12. The number of aldehydes is 1. The summed E-state index contributed by atoms with van der Waals surface area (Å²) in [4.78, 5) is 25.2. The van der Waals surface area contributed by atoms with Crippen molar-refractivity contribution in [3.05, 3.63) is 29.5 Å². The molecule has 3 N–H and O–H groups in total. The standard InChI is InChI=1S/C11H10N2O3/c1-16-11(15)8-2-7(12)3-9-10(8)6(5-14)4-13-9/h2-5,13H,12H2,1H3. The summed E-state index contributed by atoms with van der Waals surface area (Å²) < 4.78 is 4.64. The van der Waals surface area contributed by atoms with Crippen LogP contribution in [0, 0.1) is 0 Å². The molecule has 0 unspecified atom stereocenters. The van der Waals surface area contributed by atoms with E-state index >= 15 is 0 Å². The van der Waals surface area contributed by atoms with Crippen molar-refractivity contribution in [3.63, 3.8) is 0 Å². The smallest absolute Gasteiger partial charge is 0.338 e. The second kappa shape index (κ2) is 3.69. The van der Waals surface area contributed by atoms with Crippen LogP contribution in [0.2, 0.25) is 0 Å². The normalized spacial score (nSPS) is 10.3. The second-order valence-corrected chi connectivity index (χ2v) is 3.34. The topological polar surface area (TPSA) is 85.2 Å². The average molecular weight is 218 g/mol. The van der Waals surface area contributed by atoms with E-state index in [2.05, 4.69) is 9.72 Å². The molecule has 0 saturated carbocycles. The van der Waals surface area contributed by atoms with Crippen molar-refractivity contribution in [1.29, 1.82) is 0 Å². The van der Waals surface area contributed by atoms with Crippen LogP contribution in [0.3, 0.4) is 0 Å². The van der Waals surface area contributed by atoms with E-state index in [1.54, 1.807) is 6.07 Å². The molecule has 82 valence electrons. The number of rotatable bonds is 2. The summed E-state index contributed by atoms with van der Waals surface area (Å²) in [6, 6.07) is 3.16. The lowest BCUT2D eigenvalue weighted by Crippen LogP contribution is -2.03. The van der Waals surface area contributed by atoms with E-state index in [0.29, 0.717) is 34.0 Å². The minimum atomic E-state index is -0.514. The Kier molecular flexibility index (Phi) is 2.36. The number of anilines is 1. The molecule has 0 aliphatic heterocycles. The van der Waals surface area contributed by atoms with Crippen LogP contribution in [0.15, 0.2) is 18.3 Å². The predicted octanol–water partition coefficient (Wildman–Crippen LogP) is 1.35. The van der Waals surface area contributed by atoms with Crippen LogP contribution >= 0.6 is 0 Å². The van der Waals surface area contributed by atoms with Crippen LogP contribution in [0.5, 0.6) is 0 Å². The Morgan fingerprint density at radius 2 is 2.25 bits per heavy atom. The number of nitrogen functional groups attached to an aromatic ring is 1. The molecule has 1 heterocycles. The number of aromatic amines is 1. The van der Waals surface area contributed by atoms with Crippen molar-refractivity contribution in [3.8, 4) is 0 Å². The highest BCUT2D eigenvalue weighted by atomic mass is 16.5. The number of fused-ring (bicyclic) bond motifs is 1. The van der Waals surface area contributed by atoms with Gasteiger partial charge in [0.2, 0.25) is 0 Å². The molecule has 1 aromatic carbocycles. The van der Waals surface area contributed by atoms with Crippen LogP contribution in [0.1, 0.15) is 20.7 Å². The first kappa shape index (κ1) is 10.2. The van der Waals surface area contributed by atoms with Gasteiger partial charge in [0.05, 0.1) is 12.7 Å². The fourth-order valence-corrected chi connectivity index (χ4v) is 1.68. The Labute approximate surface area is 91.2 Å². The fraction of sp³-hybridized carbons (Fsp3) is 0.0909. The highest BCUT2D eigenvalue weighted by Crippen LogP contribution is 2.25. The van der Waals surface area contributed by atoms with Gasteiger partial charge in [0.1, 0.15) is 0 Å². The monoisotopic (exact) mass is 218 g/mol. The molecule has 5 nitrogen and oxygen atoms in total. The van der Waals surface area contributed by atoms with E-state index in [4.69, 9.17) is 5.73 Å². The van der Waals surface area contributed by atoms with E-state index in [1.807, 2.05) is 0 Å². The summed E-state index contributed by atoms with van der Waals surface area (Å²) in [6.07, 6.45) is 2.21. The first-order chi connectivity index (χ1) is 7.67. The molecule has 2 aromatic rings. The largest absolute Gasteiger partial charge is 0.465 e. The summed E-state index contributed by atoms with van der Waals surface area (Å²) in [5.41, 5.74) is 7.44. The van der Waals surface area contributed by atoms with E-state index in [-0.39, 0.29) is 0 Å². The van der Waals surface area contributed by atoms with Crippen molar-refractivity contribution in [2.24, 2.45) is 0 Å². The maximum Gasteiger partial charge on any atom is 0.338 e. The van der Waals surface area contributed by atoms with Crippen LogP contribution in [0.25, 0.3) is 10.9 Å². The maximum absolute atomic E-state index is 11.5. The Bertz CT molecular complexity index is 572. The number of hydrogen-bond donors (Lipinski definition) is 2. The second-order valence-electron chi connectivity index (χ2n) is 3.34. The van der Waals surface area contributed by atoms with E-state index in [1.165, 1.54) is 19.4 Å². The number of ether oxygens (including phenoxy) is 1. The van der Waals surface area contributed by atoms with E-state index in [0.717, 1.165) is 0 Å². The number of esters is 1. The minimum Gasteiger partial charge on any atom is -0.465 e. The highest BCUT2D eigenvalue weighted by molar-refractivity contribution is 6.11. The van der Waals surface area contributed by atoms with Crippen LogP contribution in [-0.2, 0) is 4.74 Å². The van der Waals surface area contributed by atoms with Crippen LogP contribution in [-0.4, -0.2) is 24.3 Å². The first-order valence-corrected chi connectivity index (χ1v) is 4.61. The molecule has 0 aliphatic rings. The third-order valence-corrected chi connectivity index (χ3v) is 2.36. The molecule has 5 heteroatoms. The van der Waals surface area contributed by atoms with Crippen molar-refractivity contribution in [1.82, 2.24) is 4.98 Å². The number of benzene rings is 1. The number of aromatic nitrogens is 1. The molecule has 2 rings (SSSR count). The van der Waals surface area contributed by atoms with Gasteiger partial charge in [0.15, 0.2) is 6.29 Å². The molecule has 0 saturated heterocycles. The van der Waals surface area contributed by atoms with Gasteiger partial charge in [-0.05, 0) is 12.1 Å². The summed E-state index contributed by atoms with van der Waals surface area (Å²) in [6.45, 7) is 0.